The maximum absolute atomic E-state index is 9.38. The van der Waals surface area contributed by atoms with Crippen molar-refractivity contribution in [3.63, 3.8) is 0 Å². The Balaban J connectivity index is 2.06. The first-order valence-corrected chi connectivity index (χ1v) is 7.10. The lowest BCUT2D eigenvalue weighted by atomic mass is 10.2. The summed E-state index contributed by atoms with van der Waals surface area (Å²) < 4.78 is 0. The van der Waals surface area contributed by atoms with Crippen molar-refractivity contribution in [2.24, 2.45) is 0 Å². The summed E-state index contributed by atoms with van der Waals surface area (Å²) in [5, 5.41) is 12.4. The molecule has 2 aromatic heterocycles. The quantitative estimate of drug-likeness (QED) is 0.758. The highest BCUT2D eigenvalue weighted by atomic mass is 16.3. The molecule has 0 atom stereocenters. The van der Waals surface area contributed by atoms with Crippen molar-refractivity contribution < 1.29 is 5.11 Å². The highest BCUT2D eigenvalue weighted by Gasteiger charge is 2.26. The molecule has 7 heteroatoms. The minimum absolute atomic E-state index is 0.116. The second-order valence-corrected chi connectivity index (χ2v) is 5.08. The summed E-state index contributed by atoms with van der Waals surface area (Å²) in [6.45, 7) is 0.698. The molecule has 1 saturated carbocycles. The molecule has 3 rings (SSSR count). The zero-order valence-corrected chi connectivity index (χ0v) is 11.6. The van der Waals surface area contributed by atoms with E-state index in [9.17, 15) is 5.11 Å². The standard InChI is InChI=1S/C13H20N6O/c1-14-13-17-11-10(15-8-16-11)12(18-13)19(6-7-20)9-4-2-3-5-9/h8-9,20H,2-7H2,1H3,(H2,14,15,16,17,18). The van der Waals surface area contributed by atoms with Gasteiger partial charge in [-0.3, -0.25) is 0 Å². The van der Waals surface area contributed by atoms with E-state index in [1.54, 1.807) is 13.4 Å². The molecule has 3 N–H and O–H groups in total. The van der Waals surface area contributed by atoms with E-state index in [2.05, 4.69) is 30.2 Å². The van der Waals surface area contributed by atoms with Gasteiger partial charge >= 0.3 is 0 Å². The highest BCUT2D eigenvalue weighted by molar-refractivity contribution is 5.84. The molecule has 0 saturated heterocycles. The van der Waals surface area contributed by atoms with Crippen LogP contribution in [0.4, 0.5) is 11.8 Å². The van der Waals surface area contributed by atoms with E-state index >= 15 is 0 Å². The molecule has 0 bridgehead atoms. The molecule has 0 radical (unpaired) electrons. The van der Waals surface area contributed by atoms with Crippen molar-refractivity contribution in [1.29, 1.82) is 0 Å². The summed E-state index contributed by atoms with van der Waals surface area (Å²) in [7, 11) is 1.80. The van der Waals surface area contributed by atoms with Crippen LogP contribution in [0.25, 0.3) is 11.2 Å². The zero-order chi connectivity index (χ0) is 13.9. The molecule has 2 heterocycles. The Bertz CT molecular complexity index is 577. The Morgan fingerprint density at radius 1 is 1.40 bits per heavy atom. The molecule has 0 aromatic carbocycles. The summed E-state index contributed by atoms with van der Waals surface area (Å²) in [5.41, 5.74) is 1.49. The fourth-order valence-corrected chi connectivity index (χ4v) is 2.92. The maximum Gasteiger partial charge on any atom is 0.226 e. The maximum atomic E-state index is 9.38. The van der Waals surface area contributed by atoms with Crippen LogP contribution in [0.2, 0.25) is 0 Å². The third-order valence-electron chi connectivity index (χ3n) is 3.87. The number of hydrogen-bond donors (Lipinski definition) is 3. The van der Waals surface area contributed by atoms with E-state index in [0.29, 0.717) is 24.2 Å². The molecule has 1 aliphatic rings. The SMILES string of the molecule is CNc1nc(N(CCO)C2CCCC2)c2[nH]cnc2n1. The third-order valence-corrected chi connectivity index (χ3v) is 3.87. The van der Waals surface area contributed by atoms with Crippen LogP contribution >= 0.6 is 0 Å². The molecule has 0 unspecified atom stereocenters. The molecule has 0 amide bonds. The molecular weight excluding hydrogens is 256 g/mol. The van der Waals surface area contributed by atoms with E-state index in [1.165, 1.54) is 12.8 Å². The van der Waals surface area contributed by atoms with Gasteiger partial charge in [-0.05, 0) is 12.8 Å². The average molecular weight is 276 g/mol. The number of imidazole rings is 1. The zero-order valence-electron chi connectivity index (χ0n) is 11.6. The van der Waals surface area contributed by atoms with Crippen molar-refractivity contribution in [2.75, 3.05) is 30.4 Å². The lowest BCUT2D eigenvalue weighted by Crippen LogP contribution is -2.36. The number of H-pyrrole nitrogens is 1. The smallest absolute Gasteiger partial charge is 0.226 e. The number of fused-ring (bicyclic) bond motifs is 1. The summed E-state index contributed by atoms with van der Waals surface area (Å²) in [6.07, 6.45) is 6.41. The first-order valence-electron chi connectivity index (χ1n) is 7.10. The number of rotatable bonds is 5. The first kappa shape index (κ1) is 13.1. The monoisotopic (exact) mass is 276 g/mol. The van der Waals surface area contributed by atoms with Crippen molar-refractivity contribution in [3.8, 4) is 0 Å². The lowest BCUT2D eigenvalue weighted by molar-refractivity contribution is 0.297. The van der Waals surface area contributed by atoms with Gasteiger partial charge in [0, 0.05) is 19.6 Å². The topological polar surface area (TPSA) is 90.0 Å². The van der Waals surface area contributed by atoms with Crippen LogP contribution in [-0.2, 0) is 0 Å². The molecular formula is C13H20N6O. The fourth-order valence-electron chi connectivity index (χ4n) is 2.92. The molecule has 0 spiro atoms. The summed E-state index contributed by atoms with van der Waals surface area (Å²) in [4.78, 5) is 18.4. The Hall–Kier alpha value is -1.89. The predicted octanol–water partition coefficient (Wildman–Crippen LogP) is 1.14. The molecule has 1 aliphatic carbocycles. The number of anilines is 2. The summed E-state index contributed by atoms with van der Waals surface area (Å²) >= 11 is 0. The number of aliphatic hydroxyl groups excluding tert-OH is 1. The van der Waals surface area contributed by atoms with Gasteiger partial charge in [0.05, 0.1) is 12.9 Å². The van der Waals surface area contributed by atoms with Crippen molar-refractivity contribution in [1.82, 2.24) is 19.9 Å². The van der Waals surface area contributed by atoms with Crippen molar-refractivity contribution >= 4 is 22.9 Å². The predicted molar refractivity (Wildman–Crippen MR) is 77.9 cm³/mol. The molecule has 1 fully saturated rings. The fraction of sp³-hybridized carbons (Fsp3) is 0.615. The average Bonchev–Trinajstić information content (AvgIpc) is 3.14. The van der Waals surface area contributed by atoms with Gasteiger partial charge in [0.2, 0.25) is 5.95 Å². The molecule has 108 valence electrons. The van der Waals surface area contributed by atoms with Gasteiger partial charge in [-0.1, -0.05) is 12.8 Å². The molecule has 20 heavy (non-hydrogen) atoms. The van der Waals surface area contributed by atoms with E-state index in [0.717, 1.165) is 24.2 Å². The van der Waals surface area contributed by atoms with E-state index in [1.807, 2.05) is 0 Å². The Kier molecular flexibility index (Phi) is 3.68. The molecule has 0 aliphatic heterocycles. The van der Waals surface area contributed by atoms with Gasteiger partial charge in [0.25, 0.3) is 0 Å². The summed E-state index contributed by atoms with van der Waals surface area (Å²) in [6, 6.07) is 0.438. The number of aliphatic hydroxyl groups is 1. The second kappa shape index (κ2) is 5.62. The third kappa shape index (κ3) is 2.29. The van der Waals surface area contributed by atoms with Gasteiger partial charge in [-0.25, -0.2) is 4.98 Å². The highest BCUT2D eigenvalue weighted by Crippen LogP contribution is 2.30. The van der Waals surface area contributed by atoms with Crippen LogP contribution < -0.4 is 10.2 Å². The van der Waals surface area contributed by atoms with Crippen LogP contribution in [0.5, 0.6) is 0 Å². The largest absolute Gasteiger partial charge is 0.395 e. The first-order chi connectivity index (χ1) is 9.83. The van der Waals surface area contributed by atoms with Crippen LogP contribution in [0, 0.1) is 0 Å². The van der Waals surface area contributed by atoms with Crippen LogP contribution in [0.3, 0.4) is 0 Å². The van der Waals surface area contributed by atoms with Gasteiger partial charge in [0.15, 0.2) is 11.5 Å². The van der Waals surface area contributed by atoms with Crippen molar-refractivity contribution in [2.45, 2.75) is 31.7 Å². The van der Waals surface area contributed by atoms with E-state index in [4.69, 9.17) is 0 Å². The number of aromatic nitrogens is 4. The molecule has 2 aromatic rings. The Morgan fingerprint density at radius 3 is 2.90 bits per heavy atom. The minimum atomic E-state index is 0.116. The van der Waals surface area contributed by atoms with E-state index in [-0.39, 0.29) is 6.61 Å². The van der Waals surface area contributed by atoms with Gasteiger partial charge in [-0.15, -0.1) is 0 Å². The van der Waals surface area contributed by atoms with Gasteiger partial charge in [-0.2, -0.15) is 9.97 Å². The molecule has 7 nitrogen and oxygen atoms in total. The lowest BCUT2D eigenvalue weighted by Gasteiger charge is -2.29. The van der Waals surface area contributed by atoms with E-state index < -0.39 is 0 Å². The van der Waals surface area contributed by atoms with Gasteiger partial charge < -0.3 is 20.3 Å². The summed E-state index contributed by atoms with van der Waals surface area (Å²) in [5.74, 6) is 1.39. The Labute approximate surface area is 117 Å². The number of nitrogens with zero attached hydrogens (tertiary/aromatic N) is 4. The second-order valence-electron chi connectivity index (χ2n) is 5.08. The van der Waals surface area contributed by atoms with Gasteiger partial charge in [0.1, 0.15) is 5.52 Å². The van der Waals surface area contributed by atoms with Crippen LogP contribution in [0.1, 0.15) is 25.7 Å². The number of hydrogen-bond acceptors (Lipinski definition) is 6. The van der Waals surface area contributed by atoms with Crippen LogP contribution in [0.15, 0.2) is 6.33 Å². The number of aromatic amines is 1. The normalized spacial score (nSPS) is 15.9. The minimum Gasteiger partial charge on any atom is -0.395 e. The van der Waals surface area contributed by atoms with Crippen molar-refractivity contribution in [3.05, 3.63) is 6.33 Å². The van der Waals surface area contributed by atoms with Crippen LogP contribution in [-0.4, -0.2) is 51.3 Å². The number of nitrogens with one attached hydrogen (secondary N) is 2. The Morgan fingerprint density at radius 2 is 2.20 bits per heavy atom.